The van der Waals surface area contributed by atoms with Crippen molar-refractivity contribution in [2.75, 3.05) is 6.54 Å². The second-order valence-corrected chi connectivity index (χ2v) is 5.93. The van der Waals surface area contributed by atoms with E-state index in [1.165, 1.54) is 17.7 Å². The molecule has 5 nitrogen and oxygen atoms in total. The highest BCUT2D eigenvalue weighted by Gasteiger charge is 2.57. The second kappa shape index (κ2) is 3.80. The zero-order valence-electron chi connectivity index (χ0n) is 10.6. The highest BCUT2D eigenvalue weighted by molar-refractivity contribution is 6.19. The number of barbiturate groups is 1. The Kier molecular flexibility index (Phi) is 2.47. The molecule has 0 radical (unpaired) electrons. The maximum absolute atomic E-state index is 12.4. The molecule has 0 aromatic rings. The van der Waals surface area contributed by atoms with Crippen LogP contribution in [0.15, 0.2) is 0 Å². The van der Waals surface area contributed by atoms with Gasteiger partial charge in [0.2, 0.25) is 11.8 Å². The number of carbonyl (C=O) groups excluding carboxylic acids is 3. The van der Waals surface area contributed by atoms with E-state index in [1.54, 1.807) is 0 Å². The summed E-state index contributed by atoms with van der Waals surface area (Å²) in [5.41, 5.74) is -0.919. The van der Waals surface area contributed by atoms with E-state index in [9.17, 15) is 14.4 Å². The Morgan fingerprint density at radius 1 is 1.33 bits per heavy atom. The summed E-state index contributed by atoms with van der Waals surface area (Å²) in [6.07, 6.45) is 4.43. The van der Waals surface area contributed by atoms with E-state index in [2.05, 4.69) is 12.2 Å². The molecule has 1 atom stereocenters. The van der Waals surface area contributed by atoms with Crippen LogP contribution in [-0.4, -0.2) is 29.3 Å². The molecule has 3 fully saturated rings. The number of nitrogens with zero attached hydrogens (tertiary/aromatic N) is 1. The van der Waals surface area contributed by atoms with Crippen LogP contribution in [0.1, 0.15) is 39.0 Å². The minimum absolute atomic E-state index is 0.269. The minimum Gasteiger partial charge on any atom is -0.277 e. The fourth-order valence-corrected chi connectivity index (χ4v) is 2.97. The number of carbonyl (C=O) groups is 3. The van der Waals surface area contributed by atoms with Crippen molar-refractivity contribution in [3.63, 3.8) is 0 Å². The predicted octanol–water partition coefficient (Wildman–Crippen LogP) is 1.28. The van der Waals surface area contributed by atoms with Gasteiger partial charge in [0, 0.05) is 6.54 Å². The van der Waals surface area contributed by atoms with Gasteiger partial charge in [-0.05, 0) is 37.5 Å². The molecule has 3 aliphatic rings. The largest absolute Gasteiger partial charge is 0.330 e. The molecule has 0 aromatic heterocycles. The van der Waals surface area contributed by atoms with Crippen LogP contribution in [0.2, 0.25) is 0 Å². The van der Waals surface area contributed by atoms with Crippen molar-refractivity contribution in [2.24, 2.45) is 17.3 Å². The minimum atomic E-state index is -0.919. The van der Waals surface area contributed by atoms with Crippen LogP contribution in [0.4, 0.5) is 4.79 Å². The Bertz CT molecular complexity index is 424. The standard InChI is InChI=1S/C13H18N2O3/c1-8(9-3-4-9)7-15-11(17)13(5-2-6-13)10(16)14-12(15)18/h8-9H,2-7H2,1H3,(H,14,16,18). The number of hydrogen-bond donors (Lipinski definition) is 1. The van der Waals surface area contributed by atoms with E-state index >= 15 is 0 Å². The third kappa shape index (κ3) is 1.56. The third-order valence-corrected chi connectivity index (χ3v) is 4.66. The lowest BCUT2D eigenvalue weighted by Gasteiger charge is -2.45. The highest BCUT2D eigenvalue weighted by Crippen LogP contribution is 2.45. The maximum Gasteiger partial charge on any atom is 0.330 e. The number of urea groups is 1. The maximum atomic E-state index is 12.4. The Morgan fingerprint density at radius 3 is 2.50 bits per heavy atom. The summed E-state index contributed by atoms with van der Waals surface area (Å²) in [4.78, 5) is 37.3. The molecule has 1 N–H and O–H groups in total. The Hall–Kier alpha value is -1.39. The normalized spacial score (nSPS) is 28.1. The summed E-state index contributed by atoms with van der Waals surface area (Å²) < 4.78 is 0. The molecule has 0 aromatic carbocycles. The number of nitrogens with one attached hydrogen (secondary N) is 1. The first-order valence-electron chi connectivity index (χ1n) is 6.72. The Labute approximate surface area is 106 Å². The van der Waals surface area contributed by atoms with Crippen LogP contribution in [0.5, 0.6) is 0 Å². The molecular weight excluding hydrogens is 232 g/mol. The lowest BCUT2D eigenvalue weighted by molar-refractivity contribution is -0.158. The van der Waals surface area contributed by atoms with Crippen molar-refractivity contribution >= 4 is 17.8 Å². The van der Waals surface area contributed by atoms with Crippen molar-refractivity contribution in [3.8, 4) is 0 Å². The van der Waals surface area contributed by atoms with E-state index in [0.29, 0.717) is 31.2 Å². The van der Waals surface area contributed by atoms with Crippen molar-refractivity contribution < 1.29 is 14.4 Å². The fraction of sp³-hybridized carbons (Fsp3) is 0.769. The fourth-order valence-electron chi connectivity index (χ4n) is 2.97. The van der Waals surface area contributed by atoms with Crippen LogP contribution in [-0.2, 0) is 9.59 Å². The van der Waals surface area contributed by atoms with Gasteiger partial charge in [-0.1, -0.05) is 13.3 Å². The van der Waals surface area contributed by atoms with Gasteiger partial charge in [-0.3, -0.25) is 19.8 Å². The molecule has 2 saturated carbocycles. The molecule has 18 heavy (non-hydrogen) atoms. The summed E-state index contributed by atoms with van der Waals surface area (Å²) in [7, 11) is 0. The first-order valence-corrected chi connectivity index (χ1v) is 6.72. The second-order valence-electron chi connectivity index (χ2n) is 5.93. The third-order valence-electron chi connectivity index (χ3n) is 4.66. The molecular formula is C13H18N2O3. The SMILES string of the molecule is CC(CN1C(=O)NC(=O)C2(CCC2)C1=O)C1CC1. The van der Waals surface area contributed by atoms with Crippen LogP contribution >= 0.6 is 0 Å². The predicted molar refractivity (Wildman–Crippen MR) is 63.4 cm³/mol. The summed E-state index contributed by atoms with van der Waals surface area (Å²) in [5, 5.41) is 2.34. The van der Waals surface area contributed by atoms with E-state index in [4.69, 9.17) is 0 Å². The first kappa shape index (κ1) is 11.7. The Balaban J connectivity index is 1.77. The van der Waals surface area contributed by atoms with Crippen molar-refractivity contribution in [1.82, 2.24) is 10.2 Å². The van der Waals surface area contributed by atoms with Gasteiger partial charge in [-0.2, -0.15) is 0 Å². The molecule has 0 bridgehead atoms. The summed E-state index contributed by atoms with van der Waals surface area (Å²) >= 11 is 0. The van der Waals surface area contributed by atoms with Gasteiger partial charge in [0.1, 0.15) is 5.41 Å². The summed E-state index contributed by atoms with van der Waals surface area (Å²) in [6.45, 7) is 2.52. The molecule has 5 heteroatoms. The zero-order valence-corrected chi connectivity index (χ0v) is 10.6. The average molecular weight is 250 g/mol. The van der Waals surface area contributed by atoms with Crippen LogP contribution in [0.25, 0.3) is 0 Å². The van der Waals surface area contributed by atoms with E-state index in [1.807, 2.05) is 0 Å². The molecule has 1 unspecified atom stereocenters. The molecule has 98 valence electrons. The first-order chi connectivity index (χ1) is 8.54. The van der Waals surface area contributed by atoms with E-state index in [-0.39, 0.29) is 11.8 Å². The monoisotopic (exact) mass is 250 g/mol. The van der Waals surface area contributed by atoms with E-state index in [0.717, 1.165) is 6.42 Å². The molecule has 1 saturated heterocycles. The van der Waals surface area contributed by atoms with Crippen molar-refractivity contribution in [1.29, 1.82) is 0 Å². The van der Waals surface area contributed by atoms with Crippen LogP contribution < -0.4 is 5.32 Å². The quantitative estimate of drug-likeness (QED) is 0.767. The van der Waals surface area contributed by atoms with Crippen molar-refractivity contribution in [3.05, 3.63) is 0 Å². The molecule has 3 rings (SSSR count). The zero-order chi connectivity index (χ0) is 12.9. The lowest BCUT2D eigenvalue weighted by Crippen LogP contribution is -2.66. The van der Waals surface area contributed by atoms with Gasteiger partial charge in [-0.15, -0.1) is 0 Å². The van der Waals surface area contributed by atoms with Gasteiger partial charge >= 0.3 is 6.03 Å². The molecule has 1 spiro atoms. The number of imide groups is 2. The number of rotatable bonds is 3. The number of hydrogen-bond acceptors (Lipinski definition) is 3. The molecule has 1 aliphatic heterocycles. The smallest absolute Gasteiger partial charge is 0.277 e. The van der Waals surface area contributed by atoms with E-state index < -0.39 is 11.4 Å². The topological polar surface area (TPSA) is 66.5 Å². The lowest BCUT2D eigenvalue weighted by atomic mass is 9.66. The van der Waals surface area contributed by atoms with Gasteiger partial charge in [0.05, 0.1) is 0 Å². The molecule has 4 amide bonds. The average Bonchev–Trinajstić information content (AvgIpc) is 3.05. The summed E-state index contributed by atoms with van der Waals surface area (Å²) in [5.74, 6) is 0.319. The van der Waals surface area contributed by atoms with Gasteiger partial charge in [0.25, 0.3) is 0 Å². The molecule has 2 aliphatic carbocycles. The van der Waals surface area contributed by atoms with Gasteiger partial charge in [0.15, 0.2) is 0 Å². The van der Waals surface area contributed by atoms with Crippen molar-refractivity contribution in [2.45, 2.75) is 39.0 Å². The summed E-state index contributed by atoms with van der Waals surface area (Å²) in [6, 6.07) is -0.532. The van der Waals surface area contributed by atoms with Crippen LogP contribution in [0, 0.1) is 17.3 Å². The Morgan fingerprint density at radius 2 is 2.00 bits per heavy atom. The molecule has 1 heterocycles. The number of amides is 4. The van der Waals surface area contributed by atoms with Gasteiger partial charge < -0.3 is 0 Å². The van der Waals surface area contributed by atoms with Crippen LogP contribution in [0.3, 0.4) is 0 Å². The van der Waals surface area contributed by atoms with Gasteiger partial charge in [-0.25, -0.2) is 4.79 Å². The highest BCUT2D eigenvalue weighted by atomic mass is 16.2.